The van der Waals surface area contributed by atoms with Gasteiger partial charge in [0.25, 0.3) is 11.6 Å². The average Bonchev–Trinajstić information content (AvgIpc) is 3.28. The van der Waals surface area contributed by atoms with Crippen LogP contribution in [0.2, 0.25) is 5.02 Å². The first kappa shape index (κ1) is 17.1. The molecule has 4 aromatic rings. The molecule has 0 spiro atoms. The van der Waals surface area contributed by atoms with E-state index in [4.69, 9.17) is 16.0 Å². The van der Waals surface area contributed by atoms with Crippen LogP contribution in [0.3, 0.4) is 0 Å². The number of nitro groups is 1. The van der Waals surface area contributed by atoms with Crippen molar-refractivity contribution in [2.24, 2.45) is 0 Å². The molecule has 0 radical (unpaired) electrons. The topological polar surface area (TPSA) is 111 Å². The van der Waals surface area contributed by atoms with Gasteiger partial charge in [-0.2, -0.15) is 0 Å². The van der Waals surface area contributed by atoms with Gasteiger partial charge in [0.15, 0.2) is 0 Å². The van der Waals surface area contributed by atoms with Gasteiger partial charge in [0.1, 0.15) is 0 Å². The number of nitro benzene ring substituents is 1. The van der Waals surface area contributed by atoms with E-state index >= 15 is 0 Å². The van der Waals surface area contributed by atoms with Crippen LogP contribution in [0, 0.1) is 10.1 Å². The first-order valence-electron chi connectivity index (χ1n) is 7.58. The van der Waals surface area contributed by atoms with E-state index in [1.807, 2.05) is 0 Å². The molecule has 2 aromatic carbocycles. The molecule has 2 aromatic heterocycles. The van der Waals surface area contributed by atoms with Crippen LogP contribution in [0.15, 0.2) is 52.9 Å². The maximum absolute atomic E-state index is 12.4. The number of fused-ring (bicyclic) bond motifs is 1. The molecule has 134 valence electrons. The van der Waals surface area contributed by atoms with Gasteiger partial charge in [-0.1, -0.05) is 16.7 Å². The van der Waals surface area contributed by atoms with Crippen molar-refractivity contribution >= 4 is 50.6 Å². The zero-order valence-corrected chi connectivity index (χ0v) is 15.0. The van der Waals surface area contributed by atoms with Crippen molar-refractivity contribution in [3.63, 3.8) is 0 Å². The number of halogens is 1. The van der Waals surface area contributed by atoms with Crippen molar-refractivity contribution in [2.45, 2.75) is 0 Å². The second kappa shape index (κ2) is 6.78. The van der Waals surface area contributed by atoms with E-state index < -0.39 is 10.8 Å². The van der Waals surface area contributed by atoms with Crippen LogP contribution in [0.1, 0.15) is 9.67 Å². The summed E-state index contributed by atoms with van der Waals surface area (Å²) in [6.45, 7) is 0. The highest BCUT2D eigenvalue weighted by atomic mass is 35.5. The minimum Gasteiger partial charge on any atom is -0.403 e. The molecular formula is C17H9ClN4O4S. The van der Waals surface area contributed by atoms with Gasteiger partial charge < -0.3 is 4.42 Å². The highest BCUT2D eigenvalue weighted by Gasteiger charge is 2.16. The van der Waals surface area contributed by atoms with Crippen molar-refractivity contribution in [2.75, 3.05) is 5.32 Å². The number of hydrogen-bond donors (Lipinski definition) is 1. The molecule has 0 saturated heterocycles. The Morgan fingerprint density at radius 3 is 2.67 bits per heavy atom. The van der Waals surface area contributed by atoms with Gasteiger partial charge >= 0.3 is 6.01 Å². The number of nitrogens with one attached hydrogen (secondary N) is 1. The van der Waals surface area contributed by atoms with Crippen molar-refractivity contribution in [3.05, 3.63) is 68.5 Å². The van der Waals surface area contributed by atoms with E-state index in [1.165, 1.54) is 23.5 Å². The Bertz CT molecular complexity index is 1170. The number of benzene rings is 2. The lowest BCUT2D eigenvalue weighted by atomic mass is 10.2. The number of amides is 1. The summed E-state index contributed by atoms with van der Waals surface area (Å²) in [6.07, 6.45) is 0. The van der Waals surface area contributed by atoms with Gasteiger partial charge in [0.2, 0.25) is 5.89 Å². The van der Waals surface area contributed by atoms with E-state index in [9.17, 15) is 14.9 Å². The van der Waals surface area contributed by atoms with Crippen LogP contribution in [0.5, 0.6) is 0 Å². The largest absolute Gasteiger partial charge is 0.403 e. The lowest BCUT2D eigenvalue weighted by Crippen LogP contribution is -2.10. The summed E-state index contributed by atoms with van der Waals surface area (Å²) in [6, 6.07) is 12.8. The summed E-state index contributed by atoms with van der Waals surface area (Å²) in [7, 11) is 0. The van der Waals surface area contributed by atoms with Gasteiger partial charge in [-0.3, -0.25) is 20.2 Å². The van der Waals surface area contributed by atoms with Crippen molar-refractivity contribution in [1.82, 2.24) is 10.2 Å². The molecule has 27 heavy (non-hydrogen) atoms. The number of thiophene rings is 1. The lowest BCUT2D eigenvalue weighted by molar-refractivity contribution is -0.384. The molecule has 1 N–H and O–H groups in total. The van der Waals surface area contributed by atoms with Gasteiger partial charge in [-0.05, 0) is 36.4 Å². The molecular weight excluding hydrogens is 392 g/mol. The summed E-state index contributed by atoms with van der Waals surface area (Å²) in [4.78, 5) is 23.2. The Morgan fingerprint density at radius 1 is 1.15 bits per heavy atom. The normalized spacial score (nSPS) is 10.9. The molecule has 0 bridgehead atoms. The number of nitrogens with zero attached hydrogens (tertiary/aromatic N) is 3. The fourth-order valence-corrected chi connectivity index (χ4v) is 3.46. The molecule has 10 heteroatoms. The van der Waals surface area contributed by atoms with E-state index in [0.29, 0.717) is 20.8 Å². The minimum absolute atomic E-state index is 0.0308. The Kier molecular flexibility index (Phi) is 4.30. The molecule has 0 saturated carbocycles. The Hall–Kier alpha value is -3.30. The number of hydrogen-bond acceptors (Lipinski definition) is 7. The van der Waals surface area contributed by atoms with E-state index in [2.05, 4.69) is 15.5 Å². The fraction of sp³-hybridized carbons (Fsp3) is 0. The fourth-order valence-electron chi connectivity index (χ4n) is 2.40. The Balaban J connectivity index is 1.54. The van der Waals surface area contributed by atoms with Crippen LogP contribution in [-0.2, 0) is 0 Å². The van der Waals surface area contributed by atoms with Gasteiger partial charge in [-0.25, -0.2) is 0 Å². The number of aromatic nitrogens is 2. The maximum Gasteiger partial charge on any atom is 0.322 e. The smallest absolute Gasteiger partial charge is 0.322 e. The average molecular weight is 401 g/mol. The van der Waals surface area contributed by atoms with E-state index in [-0.39, 0.29) is 17.6 Å². The minimum atomic E-state index is -0.479. The molecule has 8 nitrogen and oxygen atoms in total. The quantitative estimate of drug-likeness (QED) is 0.390. The van der Waals surface area contributed by atoms with Gasteiger partial charge in [-0.15, -0.1) is 16.4 Å². The third-order valence-corrected chi connectivity index (χ3v) is 5.04. The van der Waals surface area contributed by atoms with Crippen molar-refractivity contribution in [1.29, 1.82) is 0 Å². The molecule has 0 atom stereocenters. The molecule has 0 aliphatic carbocycles. The van der Waals surface area contributed by atoms with Gasteiger partial charge in [0.05, 0.1) is 9.80 Å². The summed E-state index contributed by atoms with van der Waals surface area (Å²) in [5.41, 5.74) is 0.637. The van der Waals surface area contributed by atoms with E-state index in [0.717, 1.165) is 4.70 Å². The zero-order chi connectivity index (χ0) is 19.0. The van der Waals surface area contributed by atoms with Gasteiger partial charge in [0, 0.05) is 32.8 Å². The number of rotatable bonds is 4. The predicted octanol–water partition coefficient (Wildman–Crippen LogP) is 4.77. The standard InChI is InChI=1S/C17H9ClN4O4S/c18-11-3-1-9(2-4-11)16-20-21-17(26-16)19-15(23)14-8-10-7-12(22(24)25)5-6-13(10)27-14/h1-8H,(H,19,21,23). The Morgan fingerprint density at radius 2 is 1.93 bits per heavy atom. The number of carbonyl (C=O) groups is 1. The highest BCUT2D eigenvalue weighted by molar-refractivity contribution is 7.20. The number of carbonyl (C=O) groups excluding carboxylic acids is 1. The number of anilines is 1. The third kappa shape index (κ3) is 3.50. The van der Waals surface area contributed by atoms with Crippen molar-refractivity contribution in [3.8, 4) is 11.5 Å². The monoisotopic (exact) mass is 400 g/mol. The summed E-state index contributed by atoms with van der Waals surface area (Å²) >= 11 is 7.05. The van der Waals surface area contributed by atoms with Crippen LogP contribution < -0.4 is 5.32 Å². The third-order valence-electron chi connectivity index (χ3n) is 3.67. The number of non-ortho nitro benzene ring substituents is 1. The SMILES string of the molecule is O=C(Nc1nnc(-c2ccc(Cl)cc2)o1)c1cc2cc([N+](=O)[O-])ccc2s1. The molecule has 2 heterocycles. The molecule has 0 fully saturated rings. The first-order chi connectivity index (χ1) is 13.0. The zero-order valence-electron chi connectivity index (χ0n) is 13.4. The molecule has 0 aliphatic heterocycles. The summed E-state index contributed by atoms with van der Waals surface area (Å²) in [5.74, 6) is -0.195. The molecule has 4 rings (SSSR count). The van der Waals surface area contributed by atoms with Crippen LogP contribution in [-0.4, -0.2) is 21.0 Å². The second-order valence-corrected chi connectivity index (χ2v) is 6.98. The van der Waals surface area contributed by atoms with Crippen LogP contribution >= 0.6 is 22.9 Å². The van der Waals surface area contributed by atoms with Crippen LogP contribution in [0.4, 0.5) is 11.7 Å². The predicted molar refractivity (Wildman–Crippen MR) is 101 cm³/mol. The second-order valence-electron chi connectivity index (χ2n) is 5.46. The lowest BCUT2D eigenvalue weighted by Gasteiger charge is -1.97. The highest BCUT2D eigenvalue weighted by Crippen LogP contribution is 2.29. The van der Waals surface area contributed by atoms with Crippen LogP contribution in [0.25, 0.3) is 21.5 Å². The molecule has 0 unspecified atom stereocenters. The Labute approximate surface area is 160 Å². The van der Waals surface area contributed by atoms with Crippen molar-refractivity contribution < 1.29 is 14.1 Å². The summed E-state index contributed by atoms with van der Waals surface area (Å²) < 4.78 is 6.21. The molecule has 1 amide bonds. The summed E-state index contributed by atoms with van der Waals surface area (Å²) in [5, 5.41) is 22.3. The van der Waals surface area contributed by atoms with E-state index in [1.54, 1.807) is 36.4 Å². The maximum atomic E-state index is 12.4. The molecule has 0 aliphatic rings. The first-order valence-corrected chi connectivity index (χ1v) is 8.78.